The van der Waals surface area contributed by atoms with Gasteiger partial charge in [0.25, 0.3) is 0 Å². The van der Waals surface area contributed by atoms with Gasteiger partial charge in [0, 0.05) is 70.4 Å². The quantitative estimate of drug-likeness (QED) is 0.431. The smallest absolute Gasteiger partial charge is 0.356 e. The van der Waals surface area contributed by atoms with Crippen molar-refractivity contribution in [1.29, 1.82) is 5.26 Å². The first-order valence-electron chi connectivity index (χ1n) is 16.4. The van der Waals surface area contributed by atoms with Gasteiger partial charge in [-0.3, -0.25) is 9.48 Å². The average molecular weight is 625 g/mol. The van der Waals surface area contributed by atoms with Crippen molar-refractivity contribution in [3.05, 3.63) is 52.6 Å². The summed E-state index contributed by atoms with van der Waals surface area (Å²) in [5.41, 5.74) is 4.96. The Labute approximate surface area is 268 Å². The zero-order valence-electron chi connectivity index (χ0n) is 26.3. The van der Waals surface area contributed by atoms with Crippen molar-refractivity contribution in [3.63, 3.8) is 0 Å². The minimum atomic E-state index is -1.06. The Balaban J connectivity index is 1.02. The van der Waals surface area contributed by atoms with Crippen LogP contribution in [0.4, 0.5) is 17.3 Å². The van der Waals surface area contributed by atoms with E-state index in [-0.39, 0.29) is 11.6 Å². The Morgan fingerprint density at radius 3 is 2.52 bits per heavy atom. The number of carboxylic acids is 1. The number of hydrogen-bond acceptors (Lipinski definition) is 10. The number of aromatic carboxylic acids is 1. The Kier molecular flexibility index (Phi) is 8.29. The topological polar surface area (TPSA) is 148 Å². The van der Waals surface area contributed by atoms with Crippen molar-refractivity contribution in [2.75, 3.05) is 55.6 Å². The van der Waals surface area contributed by atoms with E-state index in [0.29, 0.717) is 30.7 Å². The van der Waals surface area contributed by atoms with Crippen LogP contribution in [0, 0.1) is 17.2 Å². The molecule has 2 fully saturated rings. The summed E-state index contributed by atoms with van der Waals surface area (Å²) in [6, 6.07) is 7.67. The number of aromatic nitrogens is 5. The summed E-state index contributed by atoms with van der Waals surface area (Å²) in [6.45, 7) is 8.71. The zero-order chi connectivity index (χ0) is 31.8. The molecule has 4 aliphatic heterocycles. The molecule has 1 N–H and O–H groups in total. The van der Waals surface area contributed by atoms with Gasteiger partial charge in [-0.2, -0.15) is 10.4 Å². The van der Waals surface area contributed by atoms with Crippen LogP contribution in [0.2, 0.25) is 0 Å². The van der Waals surface area contributed by atoms with Crippen LogP contribution in [-0.4, -0.2) is 97.6 Å². The van der Waals surface area contributed by atoms with Gasteiger partial charge in [-0.15, -0.1) is 10.2 Å². The molecule has 3 aromatic rings. The number of piperidine rings is 2. The van der Waals surface area contributed by atoms with Crippen molar-refractivity contribution >= 4 is 29.2 Å². The molecule has 0 saturated carbocycles. The summed E-state index contributed by atoms with van der Waals surface area (Å²) in [4.78, 5) is 36.9. The molecule has 0 aliphatic carbocycles. The minimum absolute atomic E-state index is 0.0313. The lowest BCUT2D eigenvalue weighted by Gasteiger charge is -2.38. The van der Waals surface area contributed by atoms with Crippen molar-refractivity contribution in [3.8, 4) is 6.07 Å². The molecule has 13 heteroatoms. The molecule has 0 radical (unpaired) electrons. The van der Waals surface area contributed by atoms with Crippen LogP contribution < -0.4 is 9.80 Å². The second-order valence-corrected chi connectivity index (χ2v) is 13.0. The highest BCUT2D eigenvalue weighted by Crippen LogP contribution is 2.39. The maximum atomic E-state index is 12.4. The standard InChI is InChI=1S/C33H40N10O3/c1-22(44)41-16-10-29-27(21-41)32(42-11-2-3-24-17-25(18-34)35-19-30(24)42)38-43(29)26-8-12-39(13-9-26)20-23-6-14-40(15-7-23)31-5-4-28(33(45)46)36-37-31/h4-5,17,19,23,26H,2-3,6-16,20-21H2,1H3,(H,45,46). The summed E-state index contributed by atoms with van der Waals surface area (Å²) in [6.07, 6.45) is 8.74. The number of nitriles is 1. The van der Waals surface area contributed by atoms with Crippen LogP contribution in [-0.2, 0) is 24.2 Å². The molecular formula is C33H40N10O3. The van der Waals surface area contributed by atoms with Crippen LogP contribution in [0.1, 0.15) is 78.1 Å². The number of carbonyl (C=O) groups is 2. The SMILES string of the molecule is CC(=O)N1CCc2c(c(N3CCCc4cc(C#N)ncc43)nn2C2CCN(CC3CCN(c4ccc(C(=O)O)nn4)CC3)CC2)C1. The third-order valence-electron chi connectivity index (χ3n) is 10.2. The Bertz CT molecular complexity index is 1650. The number of carbonyl (C=O) groups excluding carboxylic acids is 1. The molecule has 0 spiro atoms. The van der Waals surface area contributed by atoms with Gasteiger partial charge < -0.3 is 24.7 Å². The summed E-state index contributed by atoms with van der Waals surface area (Å²) < 4.78 is 2.29. The number of pyridine rings is 1. The number of rotatable bonds is 6. The highest BCUT2D eigenvalue weighted by atomic mass is 16.4. The number of hydrogen-bond donors (Lipinski definition) is 1. The number of amides is 1. The van der Waals surface area contributed by atoms with E-state index in [9.17, 15) is 14.9 Å². The fraction of sp³-hybridized carbons (Fsp3) is 0.545. The second kappa shape index (κ2) is 12.7. The van der Waals surface area contributed by atoms with Crippen molar-refractivity contribution in [2.45, 2.75) is 64.5 Å². The number of anilines is 3. The Morgan fingerprint density at radius 1 is 1.02 bits per heavy atom. The second-order valence-electron chi connectivity index (χ2n) is 13.0. The highest BCUT2D eigenvalue weighted by Gasteiger charge is 2.34. The van der Waals surface area contributed by atoms with E-state index in [1.165, 1.54) is 11.8 Å². The minimum Gasteiger partial charge on any atom is -0.476 e. The fourth-order valence-corrected chi connectivity index (χ4v) is 7.64. The summed E-state index contributed by atoms with van der Waals surface area (Å²) in [5, 5.41) is 31.8. The third kappa shape index (κ3) is 5.89. The van der Waals surface area contributed by atoms with Gasteiger partial charge in [0.2, 0.25) is 5.91 Å². The van der Waals surface area contributed by atoms with Crippen LogP contribution in [0.25, 0.3) is 0 Å². The van der Waals surface area contributed by atoms with E-state index >= 15 is 0 Å². The monoisotopic (exact) mass is 624 g/mol. The lowest BCUT2D eigenvalue weighted by Crippen LogP contribution is -2.42. The van der Waals surface area contributed by atoms with Gasteiger partial charge >= 0.3 is 5.97 Å². The predicted molar refractivity (Wildman–Crippen MR) is 170 cm³/mol. The molecule has 240 valence electrons. The highest BCUT2D eigenvalue weighted by molar-refractivity contribution is 5.85. The molecule has 1 amide bonds. The first-order valence-corrected chi connectivity index (χ1v) is 16.4. The van der Waals surface area contributed by atoms with E-state index in [4.69, 9.17) is 10.2 Å². The molecule has 0 aromatic carbocycles. The Morgan fingerprint density at radius 2 is 1.83 bits per heavy atom. The molecule has 7 rings (SSSR count). The molecule has 3 aromatic heterocycles. The molecule has 2 saturated heterocycles. The third-order valence-corrected chi connectivity index (χ3v) is 10.2. The lowest BCUT2D eigenvalue weighted by atomic mass is 9.94. The van der Waals surface area contributed by atoms with E-state index in [1.54, 1.807) is 13.0 Å². The number of aryl methyl sites for hydroxylation is 1. The molecule has 0 unspecified atom stereocenters. The van der Waals surface area contributed by atoms with Crippen molar-refractivity contribution in [1.82, 2.24) is 34.8 Å². The van der Waals surface area contributed by atoms with E-state index in [1.807, 2.05) is 17.2 Å². The van der Waals surface area contributed by atoms with Gasteiger partial charge in [-0.1, -0.05) is 0 Å². The molecular weight excluding hydrogens is 584 g/mol. The summed E-state index contributed by atoms with van der Waals surface area (Å²) >= 11 is 0. The first kappa shape index (κ1) is 30.1. The van der Waals surface area contributed by atoms with Crippen molar-refractivity contribution in [2.24, 2.45) is 5.92 Å². The van der Waals surface area contributed by atoms with Gasteiger partial charge in [0.1, 0.15) is 11.8 Å². The zero-order valence-corrected chi connectivity index (χ0v) is 26.3. The maximum absolute atomic E-state index is 12.4. The predicted octanol–water partition coefficient (Wildman–Crippen LogP) is 3.18. The fourth-order valence-electron chi connectivity index (χ4n) is 7.64. The average Bonchev–Trinajstić information content (AvgIpc) is 3.47. The molecule has 7 heterocycles. The Hall–Kier alpha value is -4.57. The van der Waals surface area contributed by atoms with Gasteiger partial charge in [-0.25, -0.2) is 9.78 Å². The molecule has 13 nitrogen and oxygen atoms in total. The van der Waals surface area contributed by atoms with Gasteiger partial charge in [0.15, 0.2) is 17.3 Å². The number of fused-ring (bicyclic) bond motifs is 2. The van der Waals surface area contributed by atoms with Crippen LogP contribution in [0.3, 0.4) is 0 Å². The van der Waals surface area contributed by atoms with Gasteiger partial charge in [-0.05, 0) is 68.2 Å². The van der Waals surface area contributed by atoms with E-state index < -0.39 is 5.97 Å². The largest absolute Gasteiger partial charge is 0.476 e. The number of likely N-dealkylation sites (tertiary alicyclic amines) is 1. The van der Waals surface area contributed by atoms with Crippen LogP contribution in [0.5, 0.6) is 0 Å². The van der Waals surface area contributed by atoms with E-state index in [2.05, 4.69) is 40.6 Å². The summed E-state index contributed by atoms with van der Waals surface area (Å²) in [7, 11) is 0. The number of nitrogens with zero attached hydrogens (tertiary/aromatic N) is 10. The lowest BCUT2D eigenvalue weighted by molar-refractivity contribution is -0.129. The molecule has 0 bridgehead atoms. The molecule has 4 aliphatic rings. The maximum Gasteiger partial charge on any atom is 0.356 e. The first-order chi connectivity index (χ1) is 22.4. The molecule has 46 heavy (non-hydrogen) atoms. The van der Waals surface area contributed by atoms with Crippen molar-refractivity contribution < 1.29 is 14.7 Å². The number of carboxylic acid groups (broad SMARTS) is 1. The summed E-state index contributed by atoms with van der Waals surface area (Å²) in [5.74, 6) is 1.33. The molecule has 0 atom stereocenters. The van der Waals surface area contributed by atoms with Gasteiger partial charge in [0.05, 0.1) is 24.5 Å². The van der Waals surface area contributed by atoms with E-state index in [0.717, 1.165) is 113 Å². The van der Waals surface area contributed by atoms with Crippen LogP contribution in [0.15, 0.2) is 24.4 Å². The normalized spacial score (nSPS) is 19.4. The van der Waals surface area contributed by atoms with Crippen LogP contribution >= 0.6 is 0 Å².